The lowest BCUT2D eigenvalue weighted by atomic mass is 9.49. The van der Waals surface area contributed by atoms with E-state index in [9.17, 15) is 9.59 Å². The number of fused-ring (bicyclic) bond motifs is 1. The number of hydrogen-bond acceptors (Lipinski definition) is 3. The highest BCUT2D eigenvalue weighted by atomic mass is 16.1. The van der Waals surface area contributed by atoms with E-state index in [0.717, 1.165) is 45.8 Å². The number of benzene rings is 1. The zero-order valence-corrected chi connectivity index (χ0v) is 20.4. The van der Waals surface area contributed by atoms with Crippen LogP contribution < -0.4 is 10.9 Å². The Morgan fingerprint density at radius 1 is 1.06 bits per heavy atom. The van der Waals surface area contributed by atoms with Gasteiger partial charge in [0.25, 0.3) is 5.56 Å². The van der Waals surface area contributed by atoms with E-state index in [4.69, 9.17) is 0 Å². The first-order chi connectivity index (χ1) is 16.3. The molecule has 0 spiro atoms. The molecule has 0 unspecified atom stereocenters. The maximum absolute atomic E-state index is 13.3. The highest BCUT2D eigenvalue weighted by Gasteiger charge is 2.51. The number of aromatic nitrogens is 3. The van der Waals surface area contributed by atoms with Crippen LogP contribution >= 0.6 is 0 Å². The minimum Gasteiger partial charge on any atom is -0.325 e. The van der Waals surface area contributed by atoms with Gasteiger partial charge in [-0.05, 0) is 99.3 Å². The van der Waals surface area contributed by atoms with Gasteiger partial charge in [-0.1, -0.05) is 6.07 Å². The second-order valence-electron chi connectivity index (χ2n) is 11.4. The van der Waals surface area contributed by atoms with Crippen molar-refractivity contribution in [3.05, 3.63) is 57.8 Å². The third-order valence-corrected chi connectivity index (χ3v) is 9.05. The normalized spacial score (nSPS) is 27.4. The molecular weight excluding hydrogens is 424 g/mol. The Morgan fingerprint density at radius 2 is 1.74 bits per heavy atom. The summed E-state index contributed by atoms with van der Waals surface area (Å²) in [6.07, 6.45) is 10.2. The quantitative estimate of drug-likeness (QED) is 0.588. The van der Waals surface area contributed by atoms with E-state index in [1.165, 1.54) is 38.5 Å². The lowest BCUT2D eigenvalue weighted by Gasteiger charge is -2.56. The smallest absolute Gasteiger partial charge is 0.258 e. The second-order valence-corrected chi connectivity index (χ2v) is 11.4. The number of aryl methyl sites for hydroxylation is 1. The number of anilines is 1. The Labute approximate surface area is 200 Å². The van der Waals surface area contributed by atoms with Crippen molar-refractivity contribution in [1.29, 1.82) is 0 Å². The van der Waals surface area contributed by atoms with Crippen LogP contribution in [0.2, 0.25) is 0 Å². The van der Waals surface area contributed by atoms with Crippen LogP contribution in [-0.2, 0) is 18.4 Å². The van der Waals surface area contributed by atoms with Gasteiger partial charge in [-0.2, -0.15) is 5.10 Å². The van der Waals surface area contributed by atoms with Crippen LogP contribution in [0.15, 0.2) is 35.3 Å². The number of amides is 1. The zero-order chi connectivity index (χ0) is 23.6. The summed E-state index contributed by atoms with van der Waals surface area (Å²) in [5.74, 6) is 2.60. The van der Waals surface area contributed by atoms with E-state index < -0.39 is 0 Å². The summed E-state index contributed by atoms with van der Waals surface area (Å²) in [6, 6.07) is 7.57. The van der Waals surface area contributed by atoms with Gasteiger partial charge in [-0.3, -0.25) is 14.3 Å². The molecule has 0 aliphatic heterocycles. The summed E-state index contributed by atoms with van der Waals surface area (Å²) in [4.78, 5) is 26.5. The molecule has 3 aromatic rings. The minimum atomic E-state index is -0.0580. The van der Waals surface area contributed by atoms with E-state index in [-0.39, 0.29) is 16.9 Å². The number of nitrogens with zero attached hydrogens (tertiary/aromatic N) is 3. The molecule has 0 radical (unpaired) electrons. The molecule has 4 aliphatic carbocycles. The molecular formula is C28H34N4O2. The monoisotopic (exact) mass is 458 g/mol. The molecule has 2 aromatic heterocycles. The molecule has 4 aliphatic rings. The van der Waals surface area contributed by atoms with Crippen molar-refractivity contribution in [2.75, 3.05) is 5.32 Å². The van der Waals surface area contributed by atoms with Gasteiger partial charge in [-0.15, -0.1) is 0 Å². The van der Waals surface area contributed by atoms with Crippen LogP contribution in [0, 0.1) is 37.0 Å². The second kappa shape index (κ2) is 7.82. The third-order valence-electron chi connectivity index (χ3n) is 9.05. The summed E-state index contributed by atoms with van der Waals surface area (Å²) in [6.45, 7) is 4.51. The van der Waals surface area contributed by atoms with Crippen molar-refractivity contribution < 1.29 is 4.79 Å². The van der Waals surface area contributed by atoms with Crippen LogP contribution in [0.25, 0.3) is 10.8 Å². The Balaban J connectivity index is 1.24. The number of pyridine rings is 1. The van der Waals surface area contributed by atoms with Crippen molar-refractivity contribution in [2.45, 2.75) is 65.3 Å². The maximum Gasteiger partial charge on any atom is 0.258 e. The molecule has 4 saturated carbocycles. The van der Waals surface area contributed by atoms with Crippen LogP contribution in [0.4, 0.5) is 5.69 Å². The van der Waals surface area contributed by atoms with Gasteiger partial charge in [0, 0.05) is 41.8 Å². The number of hydrogen-bond donors (Lipinski definition) is 1. The summed E-state index contributed by atoms with van der Waals surface area (Å²) in [7, 11) is 1.92. The zero-order valence-electron chi connectivity index (χ0n) is 20.4. The molecule has 6 heteroatoms. The Kier molecular flexibility index (Phi) is 4.98. The molecule has 4 bridgehead atoms. The molecule has 1 aromatic carbocycles. The fraction of sp³-hybridized carbons (Fsp3) is 0.536. The predicted molar refractivity (Wildman–Crippen MR) is 134 cm³/mol. The highest BCUT2D eigenvalue weighted by Crippen LogP contribution is 2.61. The summed E-state index contributed by atoms with van der Waals surface area (Å²) in [5.41, 5.74) is 4.00. The summed E-state index contributed by atoms with van der Waals surface area (Å²) < 4.78 is 3.56. The van der Waals surface area contributed by atoms with Gasteiger partial charge in [-0.25, -0.2) is 0 Å². The molecule has 6 nitrogen and oxygen atoms in total. The van der Waals surface area contributed by atoms with E-state index >= 15 is 0 Å². The predicted octanol–water partition coefficient (Wildman–Crippen LogP) is 4.95. The first-order valence-corrected chi connectivity index (χ1v) is 12.7. The maximum atomic E-state index is 13.3. The first-order valence-electron chi connectivity index (χ1n) is 12.7. The fourth-order valence-corrected chi connectivity index (χ4v) is 7.69. The van der Waals surface area contributed by atoms with Crippen LogP contribution in [0.3, 0.4) is 0 Å². The molecule has 1 amide bonds. The Bertz CT molecular complexity index is 1310. The SMILES string of the molecule is Cc1c(Cn2ccc3c(NC(=O)CC45CC6CC(CC(C6)C4)C5)cccc3c2=O)nn(C)c1C. The van der Waals surface area contributed by atoms with Gasteiger partial charge in [0.1, 0.15) is 0 Å². The first kappa shape index (κ1) is 21.6. The highest BCUT2D eigenvalue weighted by molar-refractivity contribution is 6.02. The number of rotatable bonds is 5. The summed E-state index contributed by atoms with van der Waals surface area (Å²) >= 11 is 0. The number of carbonyl (C=O) groups is 1. The molecule has 7 rings (SSSR count). The minimum absolute atomic E-state index is 0.0580. The largest absolute Gasteiger partial charge is 0.325 e. The van der Waals surface area contributed by atoms with Crippen molar-refractivity contribution in [3.63, 3.8) is 0 Å². The van der Waals surface area contributed by atoms with E-state index in [1.807, 2.05) is 56.0 Å². The van der Waals surface area contributed by atoms with Gasteiger partial charge < -0.3 is 9.88 Å². The van der Waals surface area contributed by atoms with Gasteiger partial charge >= 0.3 is 0 Å². The third kappa shape index (κ3) is 3.58. The molecule has 2 heterocycles. The Morgan fingerprint density at radius 3 is 2.35 bits per heavy atom. The average molecular weight is 459 g/mol. The van der Waals surface area contributed by atoms with Gasteiger partial charge in [0.2, 0.25) is 5.91 Å². The molecule has 4 fully saturated rings. The van der Waals surface area contributed by atoms with Crippen molar-refractivity contribution in [3.8, 4) is 0 Å². The van der Waals surface area contributed by atoms with Crippen molar-refractivity contribution >= 4 is 22.4 Å². The Hall–Kier alpha value is -2.89. The topological polar surface area (TPSA) is 68.9 Å². The van der Waals surface area contributed by atoms with Gasteiger partial charge in [0.15, 0.2) is 0 Å². The van der Waals surface area contributed by atoms with Crippen LogP contribution in [0.5, 0.6) is 0 Å². The van der Waals surface area contributed by atoms with Gasteiger partial charge in [0.05, 0.1) is 12.2 Å². The molecule has 178 valence electrons. The van der Waals surface area contributed by atoms with Crippen LogP contribution in [0.1, 0.15) is 61.9 Å². The standard InChI is InChI=1S/C28H34N4O2/c1-17-18(2)31(3)30-25(17)16-32-8-7-22-23(27(32)34)5-4-6-24(22)29-26(33)15-28-12-19-9-20(13-28)11-21(10-19)14-28/h4-8,19-21H,9-16H2,1-3H3,(H,29,33). The molecule has 0 saturated heterocycles. The number of nitrogens with one attached hydrogen (secondary N) is 1. The molecule has 1 N–H and O–H groups in total. The molecule has 34 heavy (non-hydrogen) atoms. The average Bonchev–Trinajstić information content (AvgIpc) is 3.01. The summed E-state index contributed by atoms with van der Waals surface area (Å²) in [5, 5.41) is 9.17. The van der Waals surface area contributed by atoms with E-state index in [1.54, 1.807) is 4.57 Å². The van der Waals surface area contributed by atoms with Crippen molar-refractivity contribution in [2.24, 2.45) is 30.2 Å². The van der Waals surface area contributed by atoms with Crippen molar-refractivity contribution in [1.82, 2.24) is 14.3 Å². The lowest BCUT2D eigenvalue weighted by molar-refractivity contribution is -0.124. The van der Waals surface area contributed by atoms with E-state index in [2.05, 4.69) is 10.4 Å². The lowest BCUT2D eigenvalue weighted by Crippen LogP contribution is -2.47. The number of carbonyl (C=O) groups excluding carboxylic acids is 1. The van der Waals surface area contributed by atoms with E-state index in [0.29, 0.717) is 18.4 Å². The fourth-order valence-electron chi connectivity index (χ4n) is 7.69. The van der Waals surface area contributed by atoms with Crippen LogP contribution in [-0.4, -0.2) is 20.3 Å². The molecule has 0 atom stereocenters.